The first-order chi connectivity index (χ1) is 15.1. The Labute approximate surface area is 202 Å². The number of imidazole rings is 1. The van der Waals surface area contributed by atoms with Gasteiger partial charge in [-0.15, -0.1) is 24.0 Å². The van der Waals surface area contributed by atoms with E-state index in [0.29, 0.717) is 24.7 Å². The summed E-state index contributed by atoms with van der Waals surface area (Å²) in [4.78, 5) is 11.0. The Bertz CT molecular complexity index is 1010. The highest BCUT2D eigenvalue weighted by Crippen LogP contribution is 2.31. The highest BCUT2D eigenvalue weighted by molar-refractivity contribution is 14.0. The number of benzene rings is 1. The predicted octanol–water partition coefficient (Wildman–Crippen LogP) is 3.54. The van der Waals surface area contributed by atoms with Crippen LogP contribution in [0, 0.1) is 0 Å². The van der Waals surface area contributed by atoms with Crippen molar-refractivity contribution in [3.05, 3.63) is 60.6 Å². The summed E-state index contributed by atoms with van der Waals surface area (Å²) in [6.45, 7) is -0.713. The van der Waals surface area contributed by atoms with Gasteiger partial charge in [0.15, 0.2) is 5.96 Å². The van der Waals surface area contributed by atoms with Crippen LogP contribution in [0.25, 0.3) is 5.65 Å². The summed E-state index contributed by atoms with van der Waals surface area (Å²) in [5, 5.41) is 6.75. The third kappa shape index (κ3) is 5.99. The van der Waals surface area contributed by atoms with Crippen molar-refractivity contribution in [1.29, 1.82) is 0 Å². The largest absolute Gasteiger partial charge is 0.433 e. The van der Waals surface area contributed by atoms with Gasteiger partial charge in [0.05, 0.1) is 11.4 Å². The number of fused-ring (bicyclic) bond motifs is 1. The van der Waals surface area contributed by atoms with Gasteiger partial charge in [-0.1, -0.05) is 18.2 Å². The van der Waals surface area contributed by atoms with Crippen LogP contribution < -0.4 is 20.3 Å². The third-order valence-corrected chi connectivity index (χ3v) is 5.26. The lowest BCUT2D eigenvalue weighted by atomic mass is 10.2. The Morgan fingerprint density at radius 3 is 2.84 bits per heavy atom. The minimum absolute atomic E-state index is 0. The number of rotatable bonds is 7. The second-order valence-corrected chi connectivity index (χ2v) is 7.37. The van der Waals surface area contributed by atoms with Crippen LogP contribution in [0.1, 0.15) is 12.1 Å². The smallest absolute Gasteiger partial charge is 0.387 e. The summed E-state index contributed by atoms with van der Waals surface area (Å²) in [7, 11) is 1.73. The van der Waals surface area contributed by atoms with Crippen LogP contribution in [-0.2, 0) is 6.42 Å². The molecule has 1 saturated heterocycles. The summed E-state index contributed by atoms with van der Waals surface area (Å²) in [5.74, 6) is 0.917. The van der Waals surface area contributed by atoms with E-state index in [-0.39, 0.29) is 35.8 Å². The number of para-hydroxylation sites is 2. The second kappa shape index (κ2) is 11.3. The van der Waals surface area contributed by atoms with Crippen molar-refractivity contribution in [2.75, 3.05) is 31.6 Å². The molecule has 2 N–H and O–H groups in total. The van der Waals surface area contributed by atoms with Crippen molar-refractivity contribution in [3.8, 4) is 5.75 Å². The molecule has 3 aromatic rings. The fraction of sp³-hybridized carbons (Fsp3) is 0.364. The monoisotopic (exact) mass is 556 g/mol. The number of nitrogens with zero attached hydrogens (tertiary/aromatic N) is 4. The molecule has 3 heterocycles. The molecule has 0 amide bonds. The summed E-state index contributed by atoms with van der Waals surface area (Å²) < 4.78 is 32.1. The van der Waals surface area contributed by atoms with Crippen molar-refractivity contribution < 1.29 is 13.5 Å². The van der Waals surface area contributed by atoms with Crippen molar-refractivity contribution in [1.82, 2.24) is 20.0 Å². The highest BCUT2D eigenvalue weighted by Gasteiger charge is 2.26. The zero-order valence-corrected chi connectivity index (χ0v) is 20.1. The standard InChI is InChI=1S/C22H26F2N6O.HI/c1-25-22(26-11-9-16-15-30-12-5-4-8-20(30)27-16)28-17-10-13-29(14-17)18-6-2-3-7-19(18)31-21(23)24;/h2-8,12,15,17,21H,9-11,13-14H2,1H3,(H2,25,26,28);1H. The maximum absolute atomic E-state index is 12.7. The molecule has 0 saturated carbocycles. The first-order valence-corrected chi connectivity index (χ1v) is 10.3. The van der Waals surface area contributed by atoms with Crippen molar-refractivity contribution in [2.24, 2.45) is 4.99 Å². The number of pyridine rings is 1. The number of hydrogen-bond acceptors (Lipinski definition) is 4. The molecular formula is C22H27F2IN6O. The Morgan fingerprint density at radius 2 is 2.06 bits per heavy atom. The van der Waals surface area contributed by atoms with Crippen LogP contribution in [0.5, 0.6) is 5.75 Å². The first-order valence-electron chi connectivity index (χ1n) is 10.3. The molecule has 2 aromatic heterocycles. The van der Waals surface area contributed by atoms with Crippen LogP contribution in [0.4, 0.5) is 14.5 Å². The van der Waals surface area contributed by atoms with Crippen LogP contribution in [0.3, 0.4) is 0 Å². The average molecular weight is 556 g/mol. The number of ether oxygens (including phenoxy) is 1. The lowest BCUT2D eigenvalue weighted by Gasteiger charge is -2.22. The van der Waals surface area contributed by atoms with Gasteiger partial charge < -0.3 is 24.7 Å². The minimum Gasteiger partial charge on any atom is -0.433 e. The summed E-state index contributed by atoms with van der Waals surface area (Å²) in [5.41, 5.74) is 2.63. The third-order valence-electron chi connectivity index (χ3n) is 5.26. The van der Waals surface area contributed by atoms with E-state index in [1.54, 1.807) is 19.2 Å². The van der Waals surface area contributed by atoms with Gasteiger partial charge in [-0.05, 0) is 30.7 Å². The molecular weight excluding hydrogens is 529 g/mol. The highest BCUT2D eigenvalue weighted by atomic mass is 127. The van der Waals surface area contributed by atoms with Crippen LogP contribution in [0.15, 0.2) is 59.9 Å². The molecule has 172 valence electrons. The molecule has 1 aromatic carbocycles. The SMILES string of the molecule is CN=C(NCCc1cn2ccccc2n1)NC1CCN(c2ccccc2OC(F)F)C1.I. The molecule has 1 unspecified atom stereocenters. The van der Waals surface area contributed by atoms with E-state index in [2.05, 4.69) is 30.2 Å². The van der Waals surface area contributed by atoms with Gasteiger partial charge in [0, 0.05) is 51.5 Å². The molecule has 7 nitrogen and oxygen atoms in total. The van der Waals surface area contributed by atoms with Crippen molar-refractivity contribution in [2.45, 2.75) is 25.5 Å². The summed E-state index contributed by atoms with van der Waals surface area (Å²) in [6.07, 6.45) is 5.66. The van der Waals surface area contributed by atoms with E-state index >= 15 is 0 Å². The van der Waals surface area contributed by atoms with E-state index in [9.17, 15) is 8.78 Å². The number of aliphatic imine (C=N–C) groups is 1. The van der Waals surface area contributed by atoms with Gasteiger partial charge >= 0.3 is 6.61 Å². The number of alkyl halides is 2. The fourth-order valence-electron chi connectivity index (χ4n) is 3.82. The van der Waals surface area contributed by atoms with Gasteiger partial charge in [0.2, 0.25) is 0 Å². The number of guanidine groups is 1. The number of aromatic nitrogens is 2. The molecule has 4 rings (SSSR count). The first kappa shape index (κ1) is 24.0. The number of hydrogen-bond donors (Lipinski definition) is 2. The van der Waals surface area contributed by atoms with Crippen LogP contribution >= 0.6 is 24.0 Å². The molecule has 1 aliphatic rings. The van der Waals surface area contributed by atoms with Crippen molar-refractivity contribution in [3.63, 3.8) is 0 Å². The van der Waals surface area contributed by atoms with E-state index in [1.807, 2.05) is 47.1 Å². The number of nitrogens with one attached hydrogen (secondary N) is 2. The van der Waals surface area contributed by atoms with E-state index in [1.165, 1.54) is 0 Å². The van der Waals surface area contributed by atoms with Crippen LogP contribution in [0.2, 0.25) is 0 Å². The van der Waals surface area contributed by atoms with E-state index in [0.717, 1.165) is 30.7 Å². The fourth-order valence-corrected chi connectivity index (χ4v) is 3.82. The summed E-state index contributed by atoms with van der Waals surface area (Å²) >= 11 is 0. The van der Waals surface area contributed by atoms with E-state index in [4.69, 9.17) is 0 Å². The molecule has 0 spiro atoms. The quantitative estimate of drug-likeness (QED) is 0.265. The minimum atomic E-state index is -2.84. The Hall–Kier alpha value is -2.63. The molecule has 10 heteroatoms. The maximum Gasteiger partial charge on any atom is 0.387 e. The lowest BCUT2D eigenvalue weighted by Crippen LogP contribution is -2.45. The topological polar surface area (TPSA) is 66.2 Å². The Kier molecular flexibility index (Phi) is 8.48. The molecule has 0 bridgehead atoms. The molecule has 1 aliphatic heterocycles. The van der Waals surface area contributed by atoms with Crippen molar-refractivity contribution >= 4 is 41.3 Å². The molecule has 0 aliphatic carbocycles. The maximum atomic E-state index is 12.7. The summed E-state index contributed by atoms with van der Waals surface area (Å²) in [6, 6.07) is 13.0. The Morgan fingerprint density at radius 1 is 1.25 bits per heavy atom. The number of anilines is 1. The van der Waals surface area contributed by atoms with Crippen LogP contribution in [-0.4, -0.2) is 54.7 Å². The lowest BCUT2D eigenvalue weighted by molar-refractivity contribution is -0.0495. The van der Waals surface area contributed by atoms with Gasteiger partial charge in [-0.25, -0.2) is 4.98 Å². The second-order valence-electron chi connectivity index (χ2n) is 7.37. The van der Waals surface area contributed by atoms with Gasteiger partial charge in [0.25, 0.3) is 0 Å². The van der Waals surface area contributed by atoms with Gasteiger partial charge in [0.1, 0.15) is 11.4 Å². The number of halogens is 3. The zero-order valence-electron chi connectivity index (χ0n) is 17.7. The van der Waals surface area contributed by atoms with Gasteiger partial charge in [-0.2, -0.15) is 8.78 Å². The van der Waals surface area contributed by atoms with E-state index < -0.39 is 6.61 Å². The predicted molar refractivity (Wildman–Crippen MR) is 133 cm³/mol. The zero-order chi connectivity index (χ0) is 21.6. The van der Waals surface area contributed by atoms with Gasteiger partial charge in [-0.3, -0.25) is 4.99 Å². The molecule has 0 radical (unpaired) electrons. The average Bonchev–Trinajstić information content (AvgIpc) is 3.39. The molecule has 32 heavy (non-hydrogen) atoms. The molecule has 1 atom stereocenters. The normalized spacial score (nSPS) is 16.3. The molecule has 1 fully saturated rings. The Balaban J connectivity index is 0.00000289.